The van der Waals surface area contributed by atoms with E-state index in [9.17, 15) is 8.42 Å². The van der Waals surface area contributed by atoms with Gasteiger partial charge in [0.1, 0.15) is 0 Å². The molecule has 1 N–H and O–H groups in total. The third-order valence-corrected chi connectivity index (χ3v) is 5.35. The normalized spacial score (nSPS) is 19.6. The van der Waals surface area contributed by atoms with Gasteiger partial charge >= 0.3 is 0 Å². The average Bonchev–Trinajstić information content (AvgIpc) is 2.59. The molecule has 0 atom stereocenters. The topological polar surface area (TPSA) is 62.3 Å². The Hall–Kier alpha value is -0.980. The van der Waals surface area contributed by atoms with E-state index in [-0.39, 0.29) is 5.75 Å². The van der Waals surface area contributed by atoms with E-state index in [0.29, 0.717) is 18.3 Å². The Morgan fingerprint density at radius 2 is 2.10 bits per heavy atom. The zero-order valence-electron chi connectivity index (χ0n) is 12.9. The zero-order valence-corrected chi connectivity index (χ0v) is 13.7. The standard InChI is InChI=1S/C15H25N3O2S/c1-13(2)16-10-14-4-5-15(17-11-14)12-18-6-3-8-21(19,20)9-7-18/h4-5,11,13,16H,3,6-10,12H2,1-2H3. The highest BCUT2D eigenvalue weighted by Crippen LogP contribution is 2.09. The molecule has 0 radical (unpaired) electrons. The van der Waals surface area contributed by atoms with Crippen molar-refractivity contribution in [2.45, 2.75) is 39.4 Å². The summed E-state index contributed by atoms with van der Waals surface area (Å²) in [4.78, 5) is 6.67. The Balaban J connectivity index is 1.88. The van der Waals surface area contributed by atoms with E-state index in [2.05, 4.69) is 35.1 Å². The van der Waals surface area contributed by atoms with Crippen LogP contribution in [0.1, 0.15) is 31.5 Å². The first-order valence-electron chi connectivity index (χ1n) is 7.54. The predicted octanol–water partition coefficient (Wildman–Crippen LogP) is 1.20. The number of hydrogen-bond acceptors (Lipinski definition) is 5. The summed E-state index contributed by atoms with van der Waals surface area (Å²) in [5.74, 6) is 0.583. The molecule has 1 aliphatic heterocycles. The van der Waals surface area contributed by atoms with Crippen LogP contribution in [0.15, 0.2) is 18.3 Å². The van der Waals surface area contributed by atoms with Gasteiger partial charge in [-0.1, -0.05) is 19.9 Å². The molecule has 1 aromatic heterocycles. The lowest BCUT2D eigenvalue weighted by Crippen LogP contribution is -2.27. The predicted molar refractivity (Wildman–Crippen MR) is 84.8 cm³/mol. The van der Waals surface area contributed by atoms with Crippen LogP contribution in [0.5, 0.6) is 0 Å². The monoisotopic (exact) mass is 311 g/mol. The summed E-state index contributed by atoms with van der Waals surface area (Å²) < 4.78 is 23.2. The van der Waals surface area contributed by atoms with E-state index in [1.165, 1.54) is 5.56 Å². The van der Waals surface area contributed by atoms with Crippen LogP contribution >= 0.6 is 0 Å². The summed E-state index contributed by atoms with van der Waals surface area (Å²) in [5, 5.41) is 3.36. The second-order valence-corrected chi connectivity index (χ2v) is 8.28. The van der Waals surface area contributed by atoms with E-state index in [1.54, 1.807) is 0 Å². The Morgan fingerprint density at radius 3 is 2.76 bits per heavy atom. The molecule has 0 bridgehead atoms. The minimum atomic E-state index is -2.84. The third kappa shape index (κ3) is 5.73. The first-order chi connectivity index (χ1) is 9.94. The molecule has 1 fully saturated rings. The van der Waals surface area contributed by atoms with Gasteiger partial charge in [0.15, 0.2) is 9.84 Å². The van der Waals surface area contributed by atoms with Gasteiger partial charge in [-0.05, 0) is 24.6 Å². The number of nitrogens with zero attached hydrogens (tertiary/aromatic N) is 2. The molecule has 0 amide bonds. The molecular weight excluding hydrogens is 286 g/mol. The first kappa shape index (κ1) is 16.4. The summed E-state index contributed by atoms with van der Waals surface area (Å²) >= 11 is 0. The Morgan fingerprint density at radius 1 is 1.29 bits per heavy atom. The SMILES string of the molecule is CC(C)NCc1ccc(CN2CCCS(=O)(=O)CC2)nc1. The Kier molecular flexibility index (Phi) is 5.72. The zero-order chi connectivity index (χ0) is 15.3. The fourth-order valence-corrected chi connectivity index (χ4v) is 3.66. The molecule has 1 saturated heterocycles. The maximum Gasteiger partial charge on any atom is 0.151 e. The smallest absolute Gasteiger partial charge is 0.151 e. The minimum Gasteiger partial charge on any atom is -0.310 e. The van der Waals surface area contributed by atoms with Gasteiger partial charge < -0.3 is 5.32 Å². The van der Waals surface area contributed by atoms with E-state index < -0.39 is 9.84 Å². The molecule has 0 spiro atoms. The van der Waals surface area contributed by atoms with Crippen molar-refractivity contribution < 1.29 is 8.42 Å². The number of aromatic nitrogens is 1. The highest BCUT2D eigenvalue weighted by molar-refractivity contribution is 7.91. The lowest BCUT2D eigenvalue weighted by atomic mass is 10.2. The summed E-state index contributed by atoms with van der Waals surface area (Å²) in [6, 6.07) is 4.59. The highest BCUT2D eigenvalue weighted by atomic mass is 32.2. The molecule has 1 aliphatic rings. The maximum absolute atomic E-state index is 11.6. The van der Waals surface area contributed by atoms with Crippen molar-refractivity contribution in [1.82, 2.24) is 15.2 Å². The van der Waals surface area contributed by atoms with Gasteiger partial charge in [0, 0.05) is 31.9 Å². The number of hydrogen-bond donors (Lipinski definition) is 1. The molecule has 1 aromatic rings. The summed E-state index contributed by atoms with van der Waals surface area (Å²) in [5.41, 5.74) is 2.17. The molecule has 21 heavy (non-hydrogen) atoms. The van der Waals surface area contributed by atoms with Gasteiger partial charge in [-0.3, -0.25) is 9.88 Å². The van der Waals surface area contributed by atoms with Crippen molar-refractivity contribution in [3.63, 3.8) is 0 Å². The lowest BCUT2D eigenvalue weighted by molar-refractivity contribution is 0.284. The van der Waals surface area contributed by atoms with E-state index >= 15 is 0 Å². The van der Waals surface area contributed by atoms with E-state index in [1.807, 2.05) is 12.3 Å². The van der Waals surface area contributed by atoms with Gasteiger partial charge in [0.2, 0.25) is 0 Å². The average molecular weight is 311 g/mol. The first-order valence-corrected chi connectivity index (χ1v) is 9.37. The van der Waals surface area contributed by atoms with E-state index in [0.717, 1.165) is 31.7 Å². The molecular formula is C15H25N3O2S. The van der Waals surface area contributed by atoms with Gasteiger partial charge in [-0.25, -0.2) is 8.42 Å². The molecule has 6 heteroatoms. The summed E-state index contributed by atoms with van der Waals surface area (Å²) in [7, 11) is -2.84. The van der Waals surface area contributed by atoms with Crippen LogP contribution in [0.3, 0.4) is 0 Å². The molecule has 0 aliphatic carbocycles. The second kappa shape index (κ2) is 7.33. The fraction of sp³-hybridized carbons (Fsp3) is 0.667. The number of rotatable bonds is 5. The Labute approximate surface area is 127 Å². The number of pyridine rings is 1. The van der Waals surface area contributed by atoms with E-state index in [4.69, 9.17) is 0 Å². The molecule has 2 rings (SSSR count). The van der Waals surface area contributed by atoms with Gasteiger partial charge in [0.05, 0.1) is 17.2 Å². The lowest BCUT2D eigenvalue weighted by Gasteiger charge is -2.18. The minimum absolute atomic E-state index is 0.267. The van der Waals surface area contributed by atoms with Crippen LogP contribution in [0.2, 0.25) is 0 Å². The van der Waals surface area contributed by atoms with Crippen LogP contribution < -0.4 is 5.32 Å². The van der Waals surface area contributed by atoms with Gasteiger partial charge in [0.25, 0.3) is 0 Å². The summed E-state index contributed by atoms with van der Waals surface area (Å²) in [6.07, 6.45) is 2.62. The van der Waals surface area contributed by atoms with Crippen LogP contribution in [0.4, 0.5) is 0 Å². The van der Waals surface area contributed by atoms with Crippen LogP contribution in [0.25, 0.3) is 0 Å². The van der Waals surface area contributed by atoms with Gasteiger partial charge in [-0.2, -0.15) is 0 Å². The largest absolute Gasteiger partial charge is 0.310 e. The van der Waals surface area contributed by atoms with Crippen molar-refractivity contribution in [3.05, 3.63) is 29.6 Å². The van der Waals surface area contributed by atoms with Crippen LogP contribution in [-0.2, 0) is 22.9 Å². The second-order valence-electron chi connectivity index (χ2n) is 5.97. The fourth-order valence-electron chi connectivity index (χ4n) is 2.35. The van der Waals surface area contributed by atoms with Crippen LogP contribution in [0, 0.1) is 0 Å². The van der Waals surface area contributed by atoms with Crippen LogP contribution in [-0.4, -0.2) is 48.9 Å². The van der Waals surface area contributed by atoms with Crippen molar-refractivity contribution in [2.24, 2.45) is 0 Å². The van der Waals surface area contributed by atoms with Crippen molar-refractivity contribution in [2.75, 3.05) is 24.6 Å². The quantitative estimate of drug-likeness (QED) is 0.885. The molecule has 118 valence electrons. The number of sulfone groups is 1. The number of nitrogens with one attached hydrogen (secondary N) is 1. The third-order valence-electron chi connectivity index (χ3n) is 3.63. The van der Waals surface area contributed by atoms with Gasteiger partial charge in [-0.15, -0.1) is 0 Å². The molecule has 2 heterocycles. The highest BCUT2D eigenvalue weighted by Gasteiger charge is 2.19. The Bertz CT molecular complexity index is 541. The maximum atomic E-state index is 11.6. The van der Waals surface area contributed by atoms with Crippen molar-refractivity contribution >= 4 is 9.84 Å². The van der Waals surface area contributed by atoms with Crippen molar-refractivity contribution in [3.8, 4) is 0 Å². The van der Waals surface area contributed by atoms with Crippen molar-refractivity contribution in [1.29, 1.82) is 0 Å². The molecule has 0 saturated carbocycles. The molecule has 0 aromatic carbocycles. The molecule has 0 unspecified atom stereocenters. The molecule has 5 nitrogen and oxygen atoms in total. The summed E-state index contributed by atoms with van der Waals surface area (Å²) in [6.45, 7) is 7.24.